The lowest BCUT2D eigenvalue weighted by atomic mass is 9.97. The van der Waals surface area contributed by atoms with Crippen LogP contribution >= 0.6 is 0 Å². The smallest absolute Gasteiger partial charge is 0.123 e. The molecule has 1 aliphatic carbocycles. The van der Waals surface area contributed by atoms with Gasteiger partial charge in [0, 0.05) is 16.5 Å². The Morgan fingerprint density at radius 3 is 2.15 bits per heavy atom. The van der Waals surface area contributed by atoms with Crippen LogP contribution in [0.3, 0.4) is 0 Å². The molecular weight excluding hydrogens is 405 g/mol. The molecule has 7 rings (SSSR count). The van der Waals surface area contributed by atoms with E-state index in [1.807, 2.05) is 12.1 Å². The molecule has 0 amide bonds. The Kier molecular flexibility index (Phi) is 3.86. The van der Waals surface area contributed by atoms with Crippen molar-refractivity contribution in [2.24, 2.45) is 0 Å². The van der Waals surface area contributed by atoms with Crippen molar-refractivity contribution in [2.45, 2.75) is 6.42 Å². The molecule has 0 atom stereocenters. The van der Waals surface area contributed by atoms with Crippen molar-refractivity contribution in [3.8, 4) is 27.9 Å². The number of benzene rings is 5. The normalized spacial score (nSPS) is 12.3. The van der Waals surface area contributed by atoms with Crippen LogP contribution < -0.4 is 0 Å². The molecule has 33 heavy (non-hydrogen) atoms. The summed E-state index contributed by atoms with van der Waals surface area (Å²) in [6, 6.07) is 37.4. The highest BCUT2D eigenvalue weighted by Gasteiger charge is 2.19. The summed E-state index contributed by atoms with van der Waals surface area (Å²) in [5, 5.41) is 2.40. The summed E-state index contributed by atoms with van der Waals surface area (Å²) in [6.07, 6.45) is 1.01. The summed E-state index contributed by atoms with van der Waals surface area (Å²) >= 11 is 0. The maximum atomic E-state index is 13.6. The third-order valence-corrected chi connectivity index (χ3v) is 6.89. The Bertz CT molecular complexity index is 1690. The van der Waals surface area contributed by atoms with Gasteiger partial charge in [0.05, 0.1) is 11.0 Å². The average molecular weight is 426 g/mol. The number of fused-ring (bicyclic) bond motifs is 6. The van der Waals surface area contributed by atoms with Gasteiger partial charge in [0.1, 0.15) is 5.82 Å². The summed E-state index contributed by atoms with van der Waals surface area (Å²) in [6.45, 7) is 0. The Morgan fingerprint density at radius 1 is 0.545 bits per heavy atom. The van der Waals surface area contributed by atoms with Crippen molar-refractivity contribution in [3.63, 3.8) is 0 Å². The molecule has 0 saturated heterocycles. The van der Waals surface area contributed by atoms with Crippen molar-refractivity contribution >= 4 is 21.8 Å². The molecule has 0 N–H and O–H groups in total. The van der Waals surface area contributed by atoms with Crippen LogP contribution in [-0.4, -0.2) is 4.57 Å². The van der Waals surface area contributed by atoms with Gasteiger partial charge in [-0.25, -0.2) is 4.39 Å². The molecule has 5 aromatic carbocycles. The topological polar surface area (TPSA) is 4.93 Å². The van der Waals surface area contributed by atoms with Gasteiger partial charge in [-0.1, -0.05) is 60.7 Å². The van der Waals surface area contributed by atoms with Crippen LogP contribution in [0, 0.1) is 5.82 Å². The van der Waals surface area contributed by atoms with Crippen LogP contribution in [0.15, 0.2) is 109 Å². The van der Waals surface area contributed by atoms with Gasteiger partial charge in [-0.05, 0) is 88.3 Å². The van der Waals surface area contributed by atoms with Gasteiger partial charge >= 0.3 is 0 Å². The monoisotopic (exact) mass is 425 g/mol. The number of aromatic nitrogens is 1. The highest BCUT2D eigenvalue weighted by Crippen LogP contribution is 2.40. The lowest BCUT2D eigenvalue weighted by Gasteiger charge is -2.09. The van der Waals surface area contributed by atoms with E-state index in [2.05, 4.69) is 89.5 Å². The van der Waals surface area contributed by atoms with Gasteiger partial charge in [0.25, 0.3) is 0 Å². The van der Waals surface area contributed by atoms with E-state index < -0.39 is 0 Å². The molecule has 156 valence electrons. The van der Waals surface area contributed by atoms with Crippen LogP contribution in [0.25, 0.3) is 49.7 Å². The summed E-state index contributed by atoms with van der Waals surface area (Å²) in [4.78, 5) is 0. The van der Waals surface area contributed by atoms with E-state index in [0.717, 1.165) is 23.1 Å². The van der Waals surface area contributed by atoms with E-state index in [1.165, 1.54) is 56.3 Å². The molecular formula is C31H20FN. The third kappa shape index (κ3) is 2.77. The summed E-state index contributed by atoms with van der Waals surface area (Å²) in [5.41, 5.74) is 11.1. The molecule has 2 heteroatoms. The number of halogens is 1. The first-order valence-electron chi connectivity index (χ1n) is 11.3. The van der Waals surface area contributed by atoms with Gasteiger partial charge in [-0.3, -0.25) is 0 Å². The number of rotatable bonds is 2. The van der Waals surface area contributed by atoms with Crippen molar-refractivity contribution < 1.29 is 4.39 Å². The van der Waals surface area contributed by atoms with Gasteiger partial charge in [-0.15, -0.1) is 0 Å². The Morgan fingerprint density at radius 2 is 1.24 bits per heavy atom. The predicted octanol–water partition coefficient (Wildman–Crippen LogP) is 8.16. The van der Waals surface area contributed by atoms with Crippen LogP contribution in [0.5, 0.6) is 0 Å². The number of hydrogen-bond acceptors (Lipinski definition) is 0. The summed E-state index contributed by atoms with van der Waals surface area (Å²) < 4.78 is 15.8. The van der Waals surface area contributed by atoms with Crippen LogP contribution in [0.2, 0.25) is 0 Å². The van der Waals surface area contributed by atoms with E-state index >= 15 is 0 Å². The molecule has 0 aliphatic heterocycles. The zero-order chi connectivity index (χ0) is 21.9. The van der Waals surface area contributed by atoms with Gasteiger partial charge in [0.2, 0.25) is 0 Å². The number of hydrogen-bond donors (Lipinski definition) is 0. The maximum absolute atomic E-state index is 13.6. The fraction of sp³-hybridized carbons (Fsp3) is 0.0323. The molecule has 0 radical (unpaired) electrons. The van der Waals surface area contributed by atoms with E-state index in [9.17, 15) is 4.39 Å². The largest absolute Gasteiger partial charge is 0.309 e. The molecule has 0 bridgehead atoms. The lowest BCUT2D eigenvalue weighted by Crippen LogP contribution is -1.93. The molecule has 0 fully saturated rings. The zero-order valence-corrected chi connectivity index (χ0v) is 17.9. The Hall–Kier alpha value is -4.17. The van der Waals surface area contributed by atoms with E-state index in [-0.39, 0.29) is 5.82 Å². The molecule has 0 unspecified atom stereocenters. The Balaban J connectivity index is 1.43. The van der Waals surface area contributed by atoms with Crippen LogP contribution in [0.4, 0.5) is 4.39 Å². The maximum Gasteiger partial charge on any atom is 0.123 e. The van der Waals surface area contributed by atoms with Gasteiger partial charge in [0.15, 0.2) is 0 Å². The molecule has 0 saturated carbocycles. The lowest BCUT2D eigenvalue weighted by molar-refractivity contribution is 0.627. The second-order valence-corrected chi connectivity index (χ2v) is 8.77. The molecule has 6 aromatic rings. The predicted molar refractivity (Wildman–Crippen MR) is 134 cm³/mol. The minimum Gasteiger partial charge on any atom is -0.309 e. The SMILES string of the molecule is Fc1ccc(-n2c3ccccc3c3cc(-c4ccc5c(c4)-c4ccccc4C5)ccc32)cc1. The fourth-order valence-electron chi connectivity index (χ4n) is 5.32. The quantitative estimate of drug-likeness (QED) is 0.263. The summed E-state index contributed by atoms with van der Waals surface area (Å²) in [5.74, 6) is -0.222. The van der Waals surface area contributed by atoms with Crippen LogP contribution in [-0.2, 0) is 6.42 Å². The fourth-order valence-corrected chi connectivity index (χ4v) is 5.32. The van der Waals surface area contributed by atoms with Crippen LogP contribution in [0.1, 0.15) is 11.1 Å². The first-order chi connectivity index (χ1) is 16.3. The molecule has 1 aromatic heterocycles. The van der Waals surface area contributed by atoms with Crippen molar-refractivity contribution in [2.75, 3.05) is 0 Å². The minimum atomic E-state index is -0.222. The highest BCUT2D eigenvalue weighted by atomic mass is 19.1. The van der Waals surface area contributed by atoms with Gasteiger partial charge in [-0.2, -0.15) is 0 Å². The first-order valence-corrected chi connectivity index (χ1v) is 11.3. The Labute approximate surface area is 191 Å². The van der Waals surface area contributed by atoms with E-state index in [0.29, 0.717) is 0 Å². The van der Waals surface area contributed by atoms with Gasteiger partial charge < -0.3 is 4.57 Å². The van der Waals surface area contributed by atoms with Crippen molar-refractivity contribution in [1.29, 1.82) is 0 Å². The molecule has 1 aliphatic rings. The van der Waals surface area contributed by atoms with Crippen molar-refractivity contribution in [3.05, 3.63) is 126 Å². The summed E-state index contributed by atoms with van der Waals surface area (Å²) in [7, 11) is 0. The second kappa shape index (κ2) is 6.91. The van der Waals surface area contributed by atoms with E-state index in [1.54, 1.807) is 0 Å². The highest BCUT2D eigenvalue weighted by molar-refractivity contribution is 6.10. The number of para-hydroxylation sites is 1. The average Bonchev–Trinajstić information content (AvgIpc) is 3.39. The molecule has 0 spiro atoms. The standard InChI is InChI=1S/C31H20FN/c32-24-12-14-25(15-13-24)33-30-8-4-3-7-27(30)29-19-21(11-16-31(29)33)20-9-10-23-17-22-5-1-2-6-26(22)28(23)18-20/h1-16,18-19H,17H2. The zero-order valence-electron chi connectivity index (χ0n) is 17.9. The first kappa shape index (κ1) is 18.4. The third-order valence-electron chi connectivity index (χ3n) is 6.89. The van der Waals surface area contributed by atoms with E-state index in [4.69, 9.17) is 0 Å². The second-order valence-electron chi connectivity index (χ2n) is 8.77. The van der Waals surface area contributed by atoms with Crippen molar-refractivity contribution in [1.82, 2.24) is 4.57 Å². The molecule has 1 nitrogen and oxygen atoms in total. The number of nitrogens with zero attached hydrogens (tertiary/aromatic N) is 1. The minimum absolute atomic E-state index is 0.222. The molecule has 1 heterocycles.